The Morgan fingerprint density at radius 2 is 1.86 bits per heavy atom. The molecule has 0 aromatic carbocycles. The highest BCUT2D eigenvalue weighted by Crippen LogP contribution is 2.17. The maximum absolute atomic E-state index is 4.14. The molecule has 0 heterocycles. The van der Waals surface area contributed by atoms with Crippen LogP contribution in [0.2, 0.25) is 0 Å². The second-order valence-corrected chi connectivity index (χ2v) is 4.47. The SMILES string of the molecule is [CH2]CCCCCC(=C)CCC(C)CC. The molecule has 0 aliphatic rings. The Morgan fingerprint density at radius 1 is 1.14 bits per heavy atom. The first-order chi connectivity index (χ1) is 6.70. The van der Waals surface area contributed by atoms with E-state index in [0.29, 0.717) is 0 Å². The van der Waals surface area contributed by atoms with Crippen molar-refractivity contribution in [1.29, 1.82) is 0 Å². The van der Waals surface area contributed by atoms with Gasteiger partial charge in [0, 0.05) is 0 Å². The molecule has 1 atom stereocenters. The molecule has 0 N–H and O–H groups in total. The van der Waals surface area contributed by atoms with Gasteiger partial charge in [-0.25, -0.2) is 0 Å². The van der Waals surface area contributed by atoms with E-state index in [9.17, 15) is 0 Å². The zero-order valence-corrected chi connectivity index (χ0v) is 10.1. The molecule has 0 bridgehead atoms. The van der Waals surface area contributed by atoms with Crippen LogP contribution in [-0.2, 0) is 0 Å². The number of unbranched alkanes of at least 4 members (excludes halogenated alkanes) is 3. The minimum Gasteiger partial charge on any atom is -0.0999 e. The monoisotopic (exact) mass is 195 g/mol. The predicted molar refractivity (Wildman–Crippen MR) is 66.3 cm³/mol. The van der Waals surface area contributed by atoms with Crippen molar-refractivity contribution in [3.63, 3.8) is 0 Å². The molecular weight excluding hydrogens is 168 g/mol. The maximum atomic E-state index is 4.14. The van der Waals surface area contributed by atoms with Crippen molar-refractivity contribution in [1.82, 2.24) is 0 Å². The summed E-state index contributed by atoms with van der Waals surface area (Å²) in [5.74, 6) is 0.867. The van der Waals surface area contributed by atoms with Crippen LogP contribution in [0.25, 0.3) is 0 Å². The van der Waals surface area contributed by atoms with E-state index < -0.39 is 0 Å². The highest BCUT2D eigenvalue weighted by molar-refractivity contribution is 4.93. The van der Waals surface area contributed by atoms with Crippen LogP contribution >= 0.6 is 0 Å². The van der Waals surface area contributed by atoms with Crippen molar-refractivity contribution in [2.75, 3.05) is 0 Å². The Balaban J connectivity index is 3.28. The van der Waals surface area contributed by atoms with Crippen molar-refractivity contribution in [2.24, 2.45) is 5.92 Å². The Hall–Kier alpha value is -0.260. The standard InChI is InChI=1S/C14H27/c1-5-7-8-9-10-14(4)12-11-13(3)6-2/h13H,1,4-12H2,2-3H3. The molecule has 1 radical (unpaired) electrons. The van der Waals surface area contributed by atoms with Gasteiger partial charge in [0.2, 0.25) is 0 Å². The van der Waals surface area contributed by atoms with Gasteiger partial charge in [-0.2, -0.15) is 0 Å². The van der Waals surface area contributed by atoms with E-state index >= 15 is 0 Å². The average Bonchev–Trinajstić information content (AvgIpc) is 2.21. The van der Waals surface area contributed by atoms with Crippen molar-refractivity contribution < 1.29 is 0 Å². The minimum absolute atomic E-state index is 0.867. The summed E-state index contributed by atoms with van der Waals surface area (Å²) in [5, 5.41) is 0. The fraction of sp³-hybridized carbons (Fsp3) is 0.786. The largest absolute Gasteiger partial charge is 0.0999 e. The fourth-order valence-corrected chi connectivity index (χ4v) is 1.51. The lowest BCUT2D eigenvalue weighted by molar-refractivity contribution is 0.509. The summed E-state index contributed by atoms with van der Waals surface area (Å²) >= 11 is 0. The zero-order chi connectivity index (χ0) is 10.8. The highest BCUT2D eigenvalue weighted by Gasteiger charge is 2.00. The normalized spacial score (nSPS) is 12.8. The van der Waals surface area contributed by atoms with Gasteiger partial charge in [-0.3, -0.25) is 0 Å². The van der Waals surface area contributed by atoms with Crippen molar-refractivity contribution in [3.8, 4) is 0 Å². The van der Waals surface area contributed by atoms with E-state index in [1.54, 1.807) is 0 Å². The summed E-state index contributed by atoms with van der Waals surface area (Å²) in [7, 11) is 0. The van der Waals surface area contributed by atoms with Gasteiger partial charge in [-0.1, -0.05) is 58.6 Å². The van der Waals surface area contributed by atoms with Crippen LogP contribution in [0.3, 0.4) is 0 Å². The summed E-state index contributed by atoms with van der Waals surface area (Å²) in [5.41, 5.74) is 1.45. The zero-order valence-electron chi connectivity index (χ0n) is 10.1. The van der Waals surface area contributed by atoms with Crippen molar-refractivity contribution in [2.45, 2.75) is 65.2 Å². The molecule has 0 aliphatic carbocycles. The molecule has 0 rings (SSSR count). The first kappa shape index (κ1) is 13.7. The number of hydrogen-bond donors (Lipinski definition) is 0. The molecule has 0 saturated carbocycles. The molecule has 0 spiro atoms. The van der Waals surface area contributed by atoms with E-state index in [4.69, 9.17) is 0 Å². The van der Waals surface area contributed by atoms with Gasteiger partial charge < -0.3 is 0 Å². The summed E-state index contributed by atoms with van der Waals surface area (Å²) in [6.07, 6.45) is 10.1. The number of rotatable bonds is 9. The van der Waals surface area contributed by atoms with Crippen LogP contribution in [0.1, 0.15) is 65.2 Å². The molecule has 83 valence electrons. The molecule has 0 aromatic heterocycles. The topological polar surface area (TPSA) is 0 Å². The first-order valence-corrected chi connectivity index (χ1v) is 6.16. The van der Waals surface area contributed by atoms with Gasteiger partial charge in [-0.05, 0) is 31.6 Å². The Labute approximate surface area is 90.8 Å². The lowest BCUT2D eigenvalue weighted by atomic mass is 9.97. The first-order valence-electron chi connectivity index (χ1n) is 6.16. The third-order valence-corrected chi connectivity index (χ3v) is 2.97. The summed E-state index contributed by atoms with van der Waals surface area (Å²) in [4.78, 5) is 0. The molecular formula is C14H27. The highest BCUT2D eigenvalue weighted by atomic mass is 14.1. The van der Waals surface area contributed by atoms with Gasteiger partial charge in [-0.15, -0.1) is 0 Å². The summed E-state index contributed by atoms with van der Waals surface area (Å²) < 4.78 is 0. The molecule has 0 aromatic rings. The van der Waals surface area contributed by atoms with Crippen LogP contribution < -0.4 is 0 Å². The fourth-order valence-electron chi connectivity index (χ4n) is 1.51. The summed E-state index contributed by atoms with van der Waals surface area (Å²) in [6.45, 7) is 12.6. The van der Waals surface area contributed by atoms with E-state index in [2.05, 4.69) is 27.4 Å². The Kier molecular flexibility index (Phi) is 9.13. The lowest BCUT2D eigenvalue weighted by Crippen LogP contribution is -1.93. The Bertz CT molecular complexity index is 135. The molecule has 0 heteroatoms. The van der Waals surface area contributed by atoms with Crippen molar-refractivity contribution >= 4 is 0 Å². The van der Waals surface area contributed by atoms with Crippen molar-refractivity contribution in [3.05, 3.63) is 19.1 Å². The third kappa shape index (κ3) is 8.34. The summed E-state index contributed by atoms with van der Waals surface area (Å²) in [6, 6.07) is 0. The van der Waals surface area contributed by atoms with Crippen LogP contribution in [-0.4, -0.2) is 0 Å². The molecule has 0 nitrogen and oxygen atoms in total. The van der Waals surface area contributed by atoms with Crippen LogP contribution in [0.5, 0.6) is 0 Å². The van der Waals surface area contributed by atoms with Crippen LogP contribution in [0.15, 0.2) is 12.2 Å². The molecule has 0 amide bonds. The second-order valence-electron chi connectivity index (χ2n) is 4.47. The van der Waals surface area contributed by atoms with Crippen LogP contribution in [0, 0.1) is 12.8 Å². The molecule has 0 saturated heterocycles. The quantitative estimate of drug-likeness (QED) is 0.352. The Morgan fingerprint density at radius 3 is 2.43 bits per heavy atom. The van der Waals surface area contributed by atoms with E-state index in [0.717, 1.165) is 12.3 Å². The van der Waals surface area contributed by atoms with E-state index in [-0.39, 0.29) is 0 Å². The van der Waals surface area contributed by atoms with Gasteiger partial charge in [0.25, 0.3) is 0 Å². The van der Waals surface area contributed by atoms with Crippen LogP contribution in [0.4, 0.5) is 0 Å². The third-order valence-electron chi connectivity index (χ3n) is 2.97. The van der Waals surface area contributed by atoms with Gasteiger partial charge in [0.1, 0.15) is 0 Å². The smallest absolute Gasteiger partial charge is 0.0320 e. The number of hydrogen-bond acceptors (Lipinski definition) is 0. The lowest BCUT2D eigenvalue weighted by Gasteiger charge is -2.09. The predicted octanol–water partition coefficient (Wildman–Crippen LogP) is 5.15. The molecule has 14 heavy (non-hydrogen) atoms. The maximum Gasteiger partial charge on any atom is -0.0320 e. The molecule has 0 aliphatic heterocycles. The van der Waals surface area contributed by atoms with E-state index in [1.807, 2.05) is 0 Å². The molecule has 0 fully saturated rings. The second kappa shape index (κ2) is 9.30. The average molecular weight is 195 g/mol. The van der Waals surface area contributed by atoms with Gasteiger partial charge in [0.15, 0.2) is 0 Å². The minimum atomic E-state index is 0.867. The number of allylic oxidation sites excluding steroid dienone is 1. The van der Waals surface area contributed by atoms with E-state index in [1.165, 1.54) is 50.5 Å². The molecule has 1 unspecified atom stereocenters. The van der Waals surface area contributed by atoms with Gasteiger partial charge in [0.05, 0.1) is 0 Å². The van der Waals surface area contributed by atoms with Gasteiger partial charge >= 0.3 is 0 Å².